The third-order valence-corrected chi connectivity index (χ3v) is 3.44. The summed E-state index contributed by atoms with van der Waals surface area (Å²) >= 11 is 0. The van der Waals surface area contributed by atoms with Crippen LogP contribution >= 0.6 is 0 Å². The zero-order chi connectivity index (χ0) is 14.1. The molecule has 0 heterocycles. The summed E-state index contributed by atoms with van der Waals surface area (Å²) in [5.74, 6) is -2.23. The van der Waals surface area contributed by atoms with Crippen molar-refractivity contribution in [1.29, 1.82) is 0 Å². The van der Waals surface area contributed by atoms with Gasteiger partial charge in [0.2, 0.25) is 5.78 Å². The minimum Gasteiger partial charge on any atom is -0.504 e. The third-order valence-electron chi connectivity index (χ3n) is 3.44. The van der Waals surface area contributed by atoms with E-state index < -0.39 is 17.5 Å². The zero-order valence-corrected chi connectivity index (χ0v) is 10.6. The van der Waals surface area contributed by atoms with Crippen molar-refractivity contribution in [1.82, 2.24) is 0 Å². The van der Waals surface area contributed by atoms with E-state index in [1.807, 2.05) is 12.1 Å². The molecule has 3 rings (SSSR count). The number of hydrogen-bond donors (Lipinski definition) is 1. The highest BCUT2D eigenvalue weighted by Gasteiger charge is 2.42. The lowest BCUT2D eigenvalue weighted by atomic mass is 9.92. The number of carbonyl (C=O) groups is 2. The Bertz CT molecular complexity index is 700. The SMILES string of the molecule is O=C1C(O)=C(c2ccccc2)C(=O)C1c1ccccc1. The van der Waals surface area contributed by atoms with Crippen LogP contribution in [0.1, 0.15) is 17.0 Å². The standard InChI is InChI=1S/C17H12O3/c18-15-13(11-7-3-1-4-8-11)16(19)17(20)14(15)12-9-5-2-6-10-12/h1-10,13,20H. The van der Waals surface area contributed by atoms with Gasteiger partial charge in [-0.05, 0) is 11.1 Å². The van der Waals surface area contributed by atoms with Gasteiger partial charge >= 0.3 is 0 Å². The molecule has 2 aromatic rings. The van der Waals surface area contributed by atoms with Crippen LogP contribution < -0.4 is 0 Å². The van der Waals surface area contributed by atoms with Crippen molar-refractivity contribution in [3.05, 3.63) is 77.5 Å². The molecular weight excluding hydrogens is 252 g/mol. The summed E-state index contributed by atoms with van der Waals surface area (Å²) in [5.41, 5.74) is 1.30. The Hall–Kier alpha value is -2.68. The van der Waals surface area contributed by atoms with Crippen molar-refractivity contribution in [2.75, 3.05) is 0 Å². The molecule has 1 unspecified atom stereocenters. The molecule has 1 aliphatic carbocycles. The highest BCUT2D eigenvalue weighted by atomic mass is 16.3. The van der Waals surface area contributed by atoms with Gasteiger partial charge in [0.15, 0.2) is 11.5 Å². The molecule has 1 N–H and O–H groups in total. The number of Topliss-reactive ketones (excluding diaryl/α,β-unsaturated/α-hetero) is 2. The first kappa shape index (κ1) is 12.4. The number of ketones is 2. The van der Waals surface area contributed by atoms with Crippen molar-refractivity contribution < 1.29 is 14.7 Å². The minimum absolute atomic E-state index is 0.115. The van der Waals surface area contributed by atoms with Crippen molar-refractivity contribution in [3.8, 4) is 0 Å². The number of aliphatic hydroxyl groups excluding tert-OH is 1. The fourth-order valence-electron chi connectivity index (χ4n) is 2.47. The van der Waals surface area contributed by atoms with E-state index in [-0.39, 0.29) is 11.4 Å². The predicted molar refractivity (Wildman–Crippen MR) is 75.2 cm³/mol. The van der Waals surface area contributed by atoms with E-state index in [2.05, 4.69) is 0 Å². The lowest BCUT2D eigenvalue weighted by molar-refractivity contribution is -0.123. The first-order valence-corrected chi connectivity index (χ1v) is 6.32. The molecule has 1 aliphatic rings. The number of allylic oxidation sites excluding steroid dienone is 2. The van der Waals surface area contributed by atoms with Crippen LogP contribution in [0.5, 0.6) is 0 Å². The van der Waals surface area contributed by atoms with Crippen molar-refractivity contribution >= 4 is 17.1 Å². The molecule has 0 saturated heterocycles. The molecule has 20 heavy (non-hydrogen) atoms. The average molecular weight is 264 g/mol. The Morgan fingerprint density at radius 2 is 1.30 bits per heavy atom. The first-order valence-electron chi connectivity index (χ1n) is 6.32. The maximum atomic E-state index is 12.5. The van der Waals surface area contributed by atoms with Gasteiger partial charge in [-0.2, -0.15) is 0 Å². The molecule has 2 aromatic carbocycles. The van der Waals surface area contributed by atoms with Crippen LogP contribution in [0.15, 0.2) is 66.4 Å². The fraction of sp³-hybridized carbons (Fsp3) is 0.0588. The van der Waals surface area contributed by atoms with Gasteiger partial charge in [0.05, 0.1) is 5.57 Å². The molecule has 98 valence electrons. The van der Waals surface area contributed by atoms with E-state index in [0.29, 0.717) is 11.1 Å². The van der Waals surface area contributed by atoms with Gasteiger partial charge in [0.1, 0.15) is 5.92 Å². The molecule has 3 nitrogen and oxygen atoms in total. The second-order valence-corrected chi connectivity index (χ2v) is 4.66. The highest BCUT2D eigenvalue weighted by molar-refractivity contribution is 6.41. The lowest BCUT2D eigenvalue weighted by Crippen LogP contribution is -2.15. The van der Waals surface area contributed by atoms with Crippen LogP contribution in [0, 0.1) is 0 Å². The zero-order valence-electron chi connectivity index (χ0n) is 10.6. The second kappa shape index (κ2) is 4.78. The molecule has 0 spiro atoms. The summed E-state index contributed by atoms with van der Waals surface area (Å²) in [5, 5.41) is 10.0. The smallest absolute Gasteiger partial charge is 0.213 e. The van der Waals surface area contributed by atoms with Gasteiger partial charge < -0.3 is 5.11 Å². The first-order chi connectivity index (χ1) is 9.70. The Morgan fingerprint density at radius 1 is 0.750 bits per heavy atom. The van der Waals surface area contributed by atoms with Crippen LogP contribution in [0.3, 0.4) is 0 Å². The Morgan fingerprint density at radius 3 is 1.90 bits per heavy atom. The topological polar surface area (TPSA) is 54.4 Å². The number of rotatable bonds is 2. The summed E-state index contributed by atoms with van der Waals surface area (Å²) < 4.78 is 0. The number of benzene rings is 2. The molecule has 0 aliphatic heterocycles. The van der Waals surface area contributed by atoms with Gasteiger partial charge in [-0.3, -0.25) is 9.59 Å². The number of aliphatic hydroxyl groups is 1. The van der Waals surface area contributed by atoms with Gasteiger partial charge in [-0.25, -0.2) is 0 Å². The quantitative estimate of drug-likeness (QED) is 0.848. The van der Waals surface area contributed by atoms with E-state index in [4.69, 9.17) is 0 Å². The van der Waals surface area contributed by atoms with E-state index >= 15 is 0 Å². The normalized spacial score (nSPS) is 18.7. The second-order valence-electron chi connectivity index (χ2n) is 4.66. The maximum Gasteiger partial charge on any atom is 0.213 e. The van der Waals surface area contributed by atoms with E-state index in [9.17, 15) is 14.7 Å². The molecule has 0 saturated carbocycles. The van der Waals surface area contributed by atoms with E-state index in [1.165, 1.54) is 0 Å². The van der Waals surface area contributed by atoms with Gasteiger partial charge in [0, 0.05) is 0 Å². The average Bonchev–Trinajstić information content (AvgIpc) is 2.71. The van der Waals surface area contributed by atoms with Gasteiger partial charge in [0.25, 0.3) is 0 Å². The van der Waals surface area contributed by atoms with Crippen LogP contribution in [0.2, 0.25) is 0 Å². The molecular formula is C17H12O3. The molecule has 0 radical (unpaired) electrons. The Labute approximate surface area is 116 Å². The van der Waals surface area contributed by atoms with Crippen LogP contribution in [0.25, 0.3) is 5.57 Å². The van der Waals surface area contributed by atoms with Crippen molar-refractivity contribution in [2.45, 2.75) is 5.92 Å². The minimum atomic E-state index is -0.925. The molecule has 0 bridgehead atoms. The van der Waals surface area contributed by atoms with E-state index in [1.54, 1.807) is 48.5 Å². The maximum absolute atomic E-state index is 12.5. The molecule has 3 heteroatoms. The van der Waals surface area contributed by atoms with Crippen molar-refractivity contribution in [2.24, 2.45) is 0 Å². The van der Waals surface area contributed by atoms with Crippen LogP contribution in [-0.4, -0.2) is 16.7 Å². The monoisotopic (exact) mass is 264 g/mol. The summed E-state index contributed by atoms with van der Waals surface area (Å²) in [6.45, 7) is 0. The van der Waals surface area contributed by atoms with E-state index in [0.717, 1.165) is 0 Å². The van der Waals surface area contributed by atoms with Crippen molar-refractivity contribution in [3.63, 3.8) is 0 Å². The number of hydrogen-bond acceptors (Lipinski definition) is 3. The fourth-order valence-corrected chi connectivity index (χ4v) is 2.47. The number of carbonyl (C=O) groups excluding carboxylic acids is 2. The lowest BCUT2D eigenvalue weighted by Gasteiger charge is -2.07. The summed E-state index contributed by atoms with van der Waals surface area (Å²) in [7, 11) is 0. The summed E-state index contributed by atoms with van der Waals surface area (Å²) in [6.07, 6.45) is 0. The molecule has 0 aromatic heterocycles. The van der Waals surface area contributed by atoms with Gasteiger partial charge in [-0.15, -0.1) is 0 Å². The molecule has 0 amide bonds. The van der Waals surface area contributed by atoms with Crippen LogP contribution in [0.4, 0.5) is 0 Å². The summed E-state index contributed by atoms with van der Waals surface area (Å²) in [4.78, 5) is 24.7. The third kappa shape index (κ3) is 1.84. The Balaban J connectivity index is 2.07. The largest absolute Gasteiger partial charge is 0.504 e. The highest BCUT2D eigenvalue weighted by Crippen LogP contribution is 2.36. The van der Waals surface area contributed by atoms with Crippen LogP contribution in [-0.2, 0) is 9.59 Å². The Kier molecular flexibility index (Phi) is 2.95. The molecule has 1 atom stereocenters. The molecule has 0 fully saturated rings. The summed E-state index contributed by atoms with van der Waals surface area (Å²) in [6, 6.07) is 17.6. The van der Waals surface area contributed by atoms with Gasteiger partial charge in [-0.1, -0.05) is 60.7 Å². The predicted octanol–water partition coefficient (Wildman–Crippen LogP) is 2.89.